The van der Waals surface area contributed by atoms with E-state index in [1.807, 2.05) is 0 Å². The molecule has 1 atom stereocenters. The first-order valence-electron chi connectivity index (χ1n) is 5.80. The molecule has 0 bridgehead atoms. The summed E-state index contributed by atoms with van der Waals surface area (Å²) in [5.41, 5.74) is 1.94. The van der Waals surface area contributed by atoms with Gasteiger partial charge in [0.2, 0.25) is 5.91 Å². The largest absolute Gasteiger partial charge is 0.354 e. The molecule has 0 radical (unpaired) electrons. The molecule has 1 aromatic rings. The van der Waals surface area contributed by atoms with Crippen LogP contribution in [0.15, 0.2) is 12.3 Å². The molecular weight excluding hydrogens is 253 g/mol. The van der Waals surface area contributed by atoms with Gasteiger partial charge in [0.05, 0.1) is 5.56 Å². The zero-order valence-corrected chi connectivity index (χ0v) is 10.1. The van der Waals surface area contributed by atoms with E-state index in [1.165, 1.54) is 12.3 Å². The lowest BCUT2D eigenvalue weighted by Gasteiger charge is -2.23. The fraction of sp³-hybridized carbons (Fsp3) is 0.364. The Morgan fingerprint density at radius 3 is 3.00 bits per heavy atom. The van der Waals surface area contributed by atoms with Crippen LogP contribution < -0.4 is 21.9 Å². The highest BCUT2D eigenvalue weighted by atomic mass is 19.1. The molecule has 1 aliphatic heterocycles. The molecule has 7 nitrogen and oxygen atoms in total. The lowest BCUT2D eigenvalue weighted by atomic mass is 10.1. The molecule has 5 N–H and O–H groups in total. The van der Waals surface area contributed by atoms with E-state index in [4.69, 9.17) is 5.84 Å². The number of anilines is 1. The van der Waals surface area contributed by atoms with Crippen LogP contribution in [0, 0.1) is 5.82 Å². The van der Waals surface area contributed by atoms with Crippen LogP contribution in [0.4, 0.5) is 10.2 Å². The second kappa shape index (κ2) is 5.61. The number of nitrogens with one attached hydrogen (secondary N) is 3. The maximum atomic E-state index is 13.8. The first-order chi connectivity index (χ1) is 9.11. The van der Waals surface area contributed by atoms with Gasteiger partial charge >= 0.3 is 0 Å². The summed E-state index contributed by atoms with van der Waals surface area (Å²) >= 11 is 0. The number of hydrogen-bond acceptors (Lipinski definition) is 5. The molecule has 1 unspecified atom stereocenters. The predicted molar refractivity (Wildman–Crippen MR) is 65.5 cm³/mol. The van der Waals surface area contributed by atoms with Crippen LogP contribution in [-0.4, -0.2) is 29.4 Å². The van der Waals surface area contributed by atoms with Crippen molar-refractivity contribution in [3.05, 3.63) is 23.6 Å². The quantitative estimate of drug-likeness (QED) is 0.436. The molecule has 102 valence electrons. The van der Waals surface area contributed by atoms with E-state index in [2.05, 4.69) is 21.0 Å². The van der Waals surface area contributed by atoms with Gasteiger partial charge in [-0.25, -0.2) is 15.2 Å². The molecule has 0 saturated carbocycles. The van der Waals surface area contributed by atoms with Gasteiger partial charge in [-0.1, -0.05) is 0 Å². The van der Waals surface area contributed by atoms with Gasteiger partial charge < -0.3 is 16.1 Å². The Bertz CT molecular complexity index is 498. The number of nitrogens with zero attached hydrogens (tertiary/aromatic N) is 1. The number of nitrogens with two attached hydrogens (primary N) is 1. The Morgan fingerprint density at radius 2 is 2.37 bits per heavy atom. The zero-order valence-electron chi connectivity index (χ0n) is 10.1. The highest BCUT2D eigenvalue weighted by molar-refractivity contribution is 5.95. The number of rotatable bonds is 3. The van der Waals surface area contributed by atoms with Crippen molar-refractivity contribution in [1.82, 2.24) is 15.6 Å². The Hall–Kier alpha value is -2.22. The van der Waals surface area contributed by atoms with Crippen molar-refractivity contribution in [3.63, 3.8) is 0 Å². The summed E-state index contributed by atoms with van der Waals surface area (Å²) in [7, 11) is 0. The number of pyridine rings is 1. The highest BCUT2D eigenvalue weighted by Crippen LogP contribution is 2.14. The van der Waals surface area contributed by atoms with Crippen LogP contribution in [0.25, 0.3) is 0 Å². The van der Waals surface area contributed by atoms with Crippen molar-refractivity contribution in [3.8, 4) is 0 Å². The van der Waals surface area contributed by atoms with Gasteiger partial charge in [-0.2, -0.15) is 0 Å². The average molecular weight is 267 g/mol. The number of hydrogen-bond donors (Lipinski definition) is 4. The maximum absolute atomic E-state index is 13.8. The van der Waals surface area contributed by atoms with E-state index in [1.54, 1.807) is 0 Å². The van der Waals surface area contributed by atoms with E-state index in [0.717, 1.165) is 0 Å². The number of nitrogen functional groups attached to an aromatic ring is 1. The van der Waals surface area contributed by atoms with Crippen molar-refractivity contribution in [2.24, 2.45) is 5.84 Å². The maximum Gasteiger partial charge on any atom is 0.254 e. The van der Waals surface area contributed by atoms with Gasteiger partial charge in [0, 0.05) is 25.2 Å². The molecule has 0 aliphatic carbocycles. The predicted octanol–water partition coefficient (Wildman–Crippen LogP) is -0.485. The Kier molecular flexibility index (Phi) is 3.91. The summed E-state index contributed by atoms with van der Waals surface area (Å²) in [4.78, 5) is 26.6. The summed E-state index contributed by atoms with van der Waals surface area (Å²) in [6.45, 7) is 0.346. The zero-order chi connectivity index (χ0) is 13.8. The molecule has 1 aromatic heterocycles. The van der Waals surface area contributed by atoms with Crippen LogP contribution in [-0.2, 0) is 4.79 Å². The van der Waals surface area contributed by atoms with Crippen LogP contribution in [0.5, 0.6) is 0 Å². The highest BCUT2D eigenvalue weighted by Gasteiger charge is 2.22. The lowest BCUT2D eigenvalue weighted by Crippen LogP contribution is -2.47. The minimum absolute atomic E-state index is 0.0461. The molecule has 8 heteroatoms. The van der Waals surface area contributed by atoms with Crippen molar-refractivity contribution in [2.45, 2.75) is 18.9 Å². The molecule has 1 fully saturated rings. The molecule has 0 spiro atoms. The molecule has 1 saturated heterocycles. The molecule has 19 heavy (non-hydrogen) atoms. The molecule has 1 aliphatic rings. The third kappa shape index (κ3) is 2.97. The van der Waals surface area contributed by atoms with Crippen molar-refractivity contribution < 1.29 is 14.0 Å². The van der Waals surface area contributed by atoms with E-state index in [9.17, 15) is 14.0 Å². The second-order valence-corrected chi connectivity index (χ2v) is 4.18. The van der Waals surface area contributed by atoms with E-state index in [-0.39, 0.29) is 23.3 Å². The van der Waals surface area contributed by atoms with Gasteiger partial charge in [0.15, 0.2) is 11.6 Å². The SMILES string of the molecule is NNc1nccc(C(=O)NC2CCC(=O)NC2)c1F. The first-order valence-corrected chi connectivity index (χ1v) is 5.80. The Morgan fingerprint density at radius 1 is 1.58 bits per heavy atom. The summed E-state index contributed by atoms with van der Waals surface area (Å²) in [6.07, 6.45) is 2.17. The van der Waals surface area contributed by atoms with Crippen LogP contribution >= 0.6 is 0 Å². The average Bonchev–Trinajstić information content (AvgIpc) is 2.41. The van der Waals surface area contributed by atoms with Gasteiger partial charge in [-0.05, 0) is 12.5 Å². The molecule has 2 rings (SSSR count). The number of carbonyl (C=O) groups is 2. The fourth-order valence-corrected chi connectivity index (χ4v) is 1.84. The summed E-state index contributed by atoms with van der Waals surface area (Å²) < 4.78 is 13.8. The van der Waals surface area contributed by atoms with Gasteiger partial charge in [-0.15, -0.1) is 0 Å². The van der Waals surface area contributed by atoms with Crippen LogP contribution in [0.1, 0.15) is 23.2 Å². The topological polar surface area (TPSA) is 109 Å². The minimum Gasteiger partial charge on any atom is -0.354 e. The standard InChI is InChI=1S/C11H14FN5O2/c12-9-7(3-4-14-10(9)17-13)11(19)16-6-1-2-8(18)15-5-6/h3-4,6H,1-2,5,13H2,(H,14,17)(H,15,18)(H,16,19). The molecule has 0 aromatic carbocycles. The summed E-state index contributed by atoms with van der Waals surface area (Å²) in [5.74, 6) is 3.49. The number of hydrazine groups is 1. The van der Waals surface area contributed by atoms with Crippen LogP contribution in [0.2, 0.25) is 0 Å². The second-order valence-electron chi connectivity index (χ2n) is 4.18. The van der Waals surface area contributed by atoms with Gasteiger partial charge in [0.25, 0.3) is 5.91 Å². The van der Waals surface area contributed by atoms with Crippen molar-refractivity contribution in [2.75, 3.05) is 12.0 Å². The lowest BCUT2D eigenvalue weighted by molar-refractivity contribution is -0.122. The smallest absolute Gasteiger partial charge is 0.254 e. The fourth-order valence-electron chi connectivity index (χ4n) is 1.84. The van der Waals surface area contributed by atoms with Crippen LogP contribution in [0.3, 0.4) is 0 Å². The number of piperidine rings is 1. The normalized spacial score (nSPS) is 18.6. The molecular formula is C11H14FN5O2. The van der Waals surface area contributed by atoms with Gasteiger partial charge in [-0.3, -0.25) is 9.59 Å². The van der Waals surface area contributed by atoms with Gasteiger partial charge in [0.1, 0.15) is 0 Å². The monoisotopic (exact) mass is 267 g/mol. The minimum atomic E-state index is -0.803. The first kappa shape index (κ1) is 13.2. The number of aromatic nitrogens is 1. The third-order valence-corrected chi connectivity index (χ3v) is 2.87. The van der Waals surface area contributed by atoms with Crippen molar-refractivity contribution in [1.29, 1.82) is 0 Å². The van der Waals surface area contributed by atoms with Crippen molar-refractivity contribution >= 4 is 17.6 Å². The Balaban J connectivity index is 2.06. The van der Waals surface area contributed by atoms with E-state index >= 15 is 0 Å². The summed E-state index contributed by atoms with van der Waals surface area (Å²) in [5, 5.41) is 5.29. The van der Waals surface area contributed by atoms with E-state index in [0.29, 0.717) is 19.4 Å². The number of halogens is 1. The Labute approximate surface area is 108 Å². The van der Waals surface area contributed by atoms with E-state index < -0.39 is 11.7 Å². The molecule has 2 heterocycles. The number of amides is 2. The third-order valence-electron chi connectivity index (χ3n) is 2.87. The number of carbonyl (C=O) groups excluding carboxylic acids is 2. The molecule has 2 amide bonds. The summed E-state index contributed by atoms with van der Waals surface area (Å²) in [6, 6.07) is 1.07.